The van der Waals surface area contributed by atoms with Crippen LogP contribution < -0.4 is 16.1 Å². The summed E-state index contributed by atoms with van der Waals surface area (Å²) in [7, 11) is 0. The highest BCUT2D eigenvalue weighted by Gasteiger charge is 2.54. The lowest BCUT2D eigenvalue weighted by Gasteiger charge is -2.54. The molecule has 4 N–H and O–H groups in total. The molecule has 4 aliphatic carbocycles. The van der Waals surface area contributed by atoms with Gasteiger partial charge in [0.1, 0.15) is 5.54 Å². The third kappa shape index (κ3) is 3.11. The first-order valence-corrected chi connectivity index (χ1v) is 11.3. The fourth-order valence-corrected chi connectivity index (χ4v) is 6.95. The minimum atomic E-state index is -1.13. The molecule has 6 rings (SSSR count). The van der Waals surface area contributed by atoms with Gasteiger partial charge in [0.25, 0.3) is 11.8 Å². The number of benzene rings is 1. The molecule has 4 amide bonds. The Bertz CT molecular complexity index is 835. The van der Waals surface area contributed by atoms with Crippen LogP contribution in [0.2, 0.25) is 0 Å². The van der Waals surface area contributed by atoms with Gasteiger partial charge in [-0.25, -0.2) is 4.79 Å². The Hall–Kier alpha value is -2.41. The van der Waals surface area contributed by atoms with E-state index in [9.17, 15) is 14.4 Å². The summed E-state index contributed by atoms with van der Waals surface area (Å²) in [6.45, 7) is 2.10. The molecule has 1 aliphatic heterocycles. The van der Waals surface area contributed by atoms with Crippen LogP contribution in [0.1, 0.15) is 57.4 Å². The van der Waals surface area contributed by atoms with E-state index in [0.29, 0.717) is 6.42 Å². The maximum atomic E-state index is 13.1. The smallest absolute Gasteiger partial charge is 0.334 e. The molecule has 0 spiro atoms. The minimum Gasteiger partial charge on any atom is -0.334 e. The third-order valence-electron chi connectivity index (χ3n) is 7.93. The number of hydrazine groups is 1. The molecule has 1 atom stereocenters. The van der Waals surface area contributed by atoms with Gasteiger partial charge in [-0.3, -0.25) is 15.0 Å². The number of imide groups is 1. The van der Waals surface area contributed by atoms with Crippen molar-refractivity contribution < 1.29 is 19.7 Å². The Morgan fingerprint density at radius 3 is 2.27 bits per heavy atom. The molecule has 0 unspecified atom stereocenters. The summed E-state index contributed by atoms with van der Waals surface area (Å²) in [5, 5.41) is 5.86. The molecule has 1 heterocycles. The molecule has 5 fully saturated rings. The van der Waals surface area contributed by atoms with Crippen LogP contribution >= 0.6 is 0 Å². The van der Waals surface area contributed by atoms with Gasteiger partial charge in [-0.15, -0.1) is 0 Å². The van der Waals surface area contributed by atoms with Crippen molar-refractivity contribution in [3.05, 3.63) is 35.9 Å². The number of nitrogens with one attached hydrogen (secondary N) is 2. The van der Waals surface area contributed by atoms with Gasteiger partial charge in [0, 0.05) is 19.3 Å². The molecule has 30 heavy (non-hydrogen) atoms. The topological polar surface area (TPSA) is 95.1 Å². The Labute approximate surface area is 176 Å². The first-order chi connectivity index (χ1) is 14.4. The van der Waals surface area contributed by atoms with Gasteiger partial charge in [-0.2, -0.15) is 5.01 Å². The maximum absolute atomic E-state index is 13.1. The van der Waals surface area contributed by atoms with Crippen molar-refractivity contribution in [1.29, 1.82) is 0 Å². The van der Waals surface area contributed by atoms with Gasteiger partial charge >= 0.3 is 6.03 Å². The molecule has 1 aromatic carbocycles. The number of carbonyl (C=O) groups excluding carboxylic acids is 3. The van der Waals surface area contributed by atoms with Crippen molar-refractivity contribution in [2.75, 3.05) is 6.54 Å². The quantitative estimate of drug-likeness (QED) is 0.618. The zero-order valence-electron chi connectivity index (χ0n) is 17.5. The zero-order chi connectivity index (χ0) is 20.9. The summed E-state index contributed by atoms with van der Waals surface area (Å²) in [5.41, 5.74) is 2.35. The van der Waals surface area contributed by atoms with Crippen LogP contribution in [0.15, 0.2) is 30.3 Å². The van der Waals surface area contributed by atoms with Crippen molar-refractivity contribution >= 4 is 17.8 Å². The average Bonchev–Trinajstić information content (AvgIpc) is 2.97. The highest BCUT2D eigenvalue weighted by molar-refractivity contribution is 6.08. The molecule has 4 saturated carbocycles. The van der Waals surface area contributed by atoms with Gasteiger partial charge in [-0.05, 0) is 49.0 Å². The molecular formula is C23H31N4O3+. The molecule has 7 nitrogen and oxygen atoms in total. The van der Waals surface area contributed by atoms with Crippen molar-refractivity contribution in [3.8, 4) is 0 Å². The zero-order valence-corrected chi connectivity index (χ0v) is 17.5. The lowest BCUT2D eigenvalue weighted by atomic mass is 9.53. The second-order valence-electron chi connectivity index (χ2n) is 9.92. The van der Waals surface area contributed by atoms with Crippen molar-refractivity contribution in [2.24, 2.45) is 17.8 Å². The molecule has 1 aromatic rings. The Morgan fingerprint density at radius 2 is 1.70 bits per heavy atom. The number of quaternary nitrogens is 1. The Balaban J connectivity index is 1.24. The molecule has 4 bridgehead atoms. The molecule has 7 heteroatoms. The van der Waals surface area contributed by atoms with E-state index in [2.05, 4.69) is 16.1 Å². The number of nitrogens with zero attached hydrogens (tertiary/aromatic N) is 1. The number of hydrogen-bond acceptors (Lipinski definition) is 3. The van der Waals surface area contributed by atoms with E-state index >= 15 is 0 Å². The van der Waals surface area contributed by atoms with E-state index in [1.807, 2.05) is 37.3 Å². The van der Waals surface area contributed by atoms with Gasteiger partial charge < -0.3 is 10.6 Å². The summed E-state index contributed by atoms with van der Waals surface area (Å²) >= 11 is 0. The van der Waals surface area contributed by atoms with E-state index in [1.165, 1.54) is 38.5 Å². The Morgan fingerprint density at radius 1 is 1.10 bits per heavy atom. The first kappa shape index (κ1) is 19.5. The second kappa shape index (κ2) is 7.08. The molecule has 160 valence electrons. The van der Waals surface area contributed by atoms with Crippen LogP contribution in [-0.4, -0.2) is 34.9 Å². The van der Waals surface area contributed by atoms with Crippen LogP contribution in [0.4, 0.5) is 4.79 Å². The van der Waals surface area contributed by atoms with Crippen molar-refractivity contribution in [2.45, 2.75) is 62.9 Å². The molecule has 0 radical (unpaired) electrons. The summed E-state index contributed by atoms with van der Waals surface area (Å²) in [6, 6.07) is 8.63. The second-order valence-corrected chi connectivity index (χ2v) is 9.92. The lowest BCUT2D eigenvalue weighted by Crippen LogP contribution is -3.00. The number of carbonyl (C=O) groups is 3. The normalized spacial score (nSPS) is 36.8. The highest BCUT2D eigenvalue weighted by atomic mass is 16.2. The van der Waals surface area contributed by atoms with E-state index in [4.69, 9.17) is 0 Å². The SMILES string of the molecule is CC[C@@]1(c2ccccc2)NC(=O)N(NC(=O)C[NH2+]C23CC4CC(CC(C4)C2)C3)C1=O. The summed E-state index contributed by atoms with van der Waals surface area (Å²) in [5.74, 6) is 1.73. The summed E-state index contributed by atoms with van der Waals surface area (Å²) in [6.07, 6.45) is 8.08. The van der Waals surface area contributed by atoms with Crippen molar-refractivity contribution in [3.63, 3.8) is 0 Å². The van der Waals surface area contributed by atoms with Gasteiger partial charge in [0.15, 0.2) is 6.54 Å². The summed E-state index contributed by atoms with van der Waals surface area (Å²) < 4.78 is 0. The standard InChI is InChI=1S/C23H30N4O3/c1-2-23(18-6-4-3-5-7-18)20(29)27(21(30)25-23)26-19(28)14-24-22-11-15-8-16(12-22)10-17(9-15)13-22/h3-7,15-17,24H,2,8-14H2,1H3,(H,25,30)(H,26,28)/p+1/t15?,16?,17?,22?,23-/m0/s1. The lowest BCUT2D eigenvalue weighted by molar-refractivity contribution is -0.730. The van der Waals surface area contributed by atoms with E-state index in [0.717, 1.165) is 28.3 Å². The molecular weight excluding hydrogens is 380 g/mol. The predicted octanol–water partition coefficient (Wildman–Crippen LogP) is 1.41. The van der Waals surface area contributed by atoms with Gasteiger partial charge in [0.05, 0.1) is 5.54 Å². The number of hydrogen-bond donors (Lipinski definition) is 3. The van der Waals surface area contributed by atoms with Crippen LogP contribution in [0.5, 0.6) is 0 Å². The van der Waals surface area contributed by atoms with E-state index in [1.54, 1.807) is 0 Å². The molecule has 5 aliphatic rings. The van der Waals surface area contributed by atoms with Gasteiger partial charge in [-0.1, -0.05) is 37.3 Å². The minimum absolute atomic E-state index is 0.181. The first-order valence-electron chi connectivity index (χ1n) is 11.3. The average molecular weight is 412 g/mol. The summed E-state index contributed by atoms with van der Waals surface area (Å²) in [4.78, 5) is 38.4. The van der Waals surface area contributed by atoms with Crippen LogP contribution in [0.3, 0.4) is 0 Å². The van der Waals surface area contributed by atoms with Crippen LogP contribution in [0.25, 0.3) is 0 Å². The van der Waals surface area contributed by atoms with Crippen LogP contribution in [0, 0.1) is 17.8 Å². The number of rotatable bonds is 6. The monoisotopic (exact) mass is 411 g/mol. The maximum Gasteiger partial charge on any atom is 0.344 e. The third-order valence-corrected chi connectivity index (χ3v) is 7.93. The van der Waals surface area contributed by atoms with Gasteiger partial charge in [0.2, 0.25) is 0 Å². The largest absolute Gasteiger partial charge is 0.344 e. The van der Waals surface area contributed by atoms with Crippen LogP contribution in [-0.2, 0) is 15.1 Å². The predicted molar refractivity (Wildman–Crippen MR) is 110 cm³/mol. The number of amides is 4. The highest BCUT2D eigenvalue weighted by Crippen LogP contribution is 2.54. The van der Waals surface area contributed by atoms with Crippen molar-refractivity contribution in [1.82, 2.24) is 15.8 Å². The number of nitrogens with two attached hydrogens (primary N) is 1. The number of urea groups is 1. The fraction of sp³-hybridized carbons (Fsp3) is 0.609. The molecule has 1 saturated heterocycles. The van der Waals surface area contributed by atoms with E-state index < -0.39 is 17.5 Å². The molecule has 0 aromatic heterocycles. The Kier molecular flexibility index (Phi) is 4.61. The van der Waals surface area contributed by atoms with E-state index in [-0.39, 0.29) is 18.0 Å². The fourth-order valence-electron chi connectivity index (χ4n) is 6.95.